The molecule has 3 aromatic rings. The number of ketones is 1. The molecule has 228 valence electrons. The van der Waals surface area contributed by atoms with Crippen molar-refractivity contribution in [3.63, 3.8) is 0 Å². The summed E-state index contributed by atoms with van der Waals surface area (Å²) >= 11 is 0. The molecule has 0 radical (unpaired) electrons. The Morgan fingerprint density at radius 3 is 2.09 bits per heavy atom. The predicted octanol–water partition coefficient (Wildman–Crippen LogP) is 4.94. The summed E-state index contributed by atoms with van der Waals surface area (Å²) in [5, 5.41) is 10.8. The van der Waals surface area contributed by atoms with Gasteiger partial charge >= 0.3 is 17.9 Å². The summed E-state index contributed by atoms with van der Waals surface area (Å²) in [4.78, 5) is 73.9. The molecular weight excluding hydrogens is 572 g/mol. The van der Waals surface area contributed by atoms with Gasteiger partial charge in [0.15, 0.2) is 12.4 Å². The largest absolute Gasteiger partial charge is 0.462 e. The molecule has 0 spiro atoms. The number of benzene rings is 3. The van der Waals surface area contributed by atoms with E-state index in [0.717, 1.165) is 19.3 Å². The number of carbonyl (C=O) groups is 5. The highest BCUT2D eigenvalue weighted by atomic mass is 16.6. The van der Waals surface area contributed by atoms with Gasteiger partial charge in [0.05, 0.1) is 28.6 Å². The third kappa shape index (κ3) is 8.12. The highest BCUT2D eigenvalue weighted by molar-refractivity contribution is 6.01. The first-order valence-electron chi connectivity index (χ1n) is 14.0. The van der Waals surface area contributed by atoms with Gasteiger partial charge in [0.1, 0.15) is 5.75 Å². The lowest BCUT2D eigenvalue weighted by Gasteiger charge is -2.17. The van der Waals surface area contributed by atoms with Gasteiger partial charge in [-0.15, -0.1) is 0 Å². The number of hydrogen-bond donors (Lipinski definition) is 0. The monoisotopic (exact) mass is 602 g/mol. The third-order valence-corrected chi connectivity index (χ3v) is 6.90. The van der Waals surface area contributed by atoms with Gasteiger partial charge in [-0.1, -0.05) is 19.8 Å². The molecule has 1 heterocycles. The number of anilines is 1. The number of nitro benzene ring substituents is 1. The first kappa shape index (κ1) is 31.5. The maximum atomic E-state index is 12.7. The topological polar surface area (TPSA) is 159 Å². The Bertz CT molecular complexity index is 1530. The lowest BCUT2D eigenvalue weighted by molar-refractivity contribution is -0.384. The Morgan fingerprint density at radius 1 is 0.841 bits per heavy atom. The normalized spacial score (nSPS) is 14.2. The molecule has 1 atom stereocenters. The maximum Gasteiger partial charge on any atom is 0.343 e. The van der Waals surface area contributed by atoms with Crippen molar-refractivity contribution in [3.05, 3.63) is 99.6 Å². The molecule has 1 fully saturated rings. The van der Waals surface area contributed by atoms with Gasteiger partial charge in [-0.3, -0.25) is 24.5 Å². The second-order valence-electron chi connectivity index (χ2n) is 10.0. The number of Topliss-reactive ketones (excluding diaryl/α,β-unsaturated/α-hetero) is 1. The van der Waals surface area contributed by atoms with Gasteiger partial charge in [-0.25, -0.2) is 9.59 Å². The van der Waals surface area contributed by atoms with Gasteiger partial charge in [0.2, 0.25) is 5.91 Å². The van der Waals surface area contributed by atoms with Crippen LogP contribution < -0.4 is 9.64 Å². The van der Waals surface area contributed by atoms with Gasteiger partial charge in [-0.2, -0.15) is 0 Å². The zero-order valence-electron chi connectivity index (χ0n) is 23.9. The van der Waals surface area contributed by atoms with Gasteiger partial charge in [-0.05, 0) is 67.1 Å². The Balaban J connectivity index is 1.24. The molecule has 12 heteroatoms. The molecule has 0 saturated carbocycles. The molecule has 1 aliphatic rings. The molecule has 0 N–H and O–H groups in total. The van der Waals surface area contributed by atoms with Crippen molar-refractivity contribution in [3.8, 4) is 5.75 Å². The second kappa shape index (κ2) is 14.7. The average molecular weight is 603 g/mol. The van der Waals surface area contributed by atoms with E-state index in [1.54, 1.807) is 24.3 Å². The number of amides is 1. The molecule has 1 aliphatic heterocycles. The molecule has 0 aliphatic carbocycles. The van der Waals surface area contributed by atoms with Crippen LogP contribution in [0.1, 0.15) is 63.7 Å². The lowest BCUT2D eigenvalue weighted by atomic mass is 10.1. The molecule has 1 saturated heterocycles. The zero-order valence-corrected chi connectivity index (χ0v) is 23.9. The summed E-state index contributed by atoms with van der Waals surface area (Å²) in [6, 6.07) is 16.9. The highest BCUT2D eigenvalue weighted by Crippen LogP contribution is 2.26. The number of carbonyl (C=O) groups excluding carboxylic acids is 5. The zero-order chi connectivity index (χ0) is 31.6. The van der Waals surface area contributed by atoms with Gasteiger partial charge in [0, 0.05) is 36.3 Å². The van der Waals surface area contributed by atoms with Crippen LogP contribution in [0.4, 0.5) is 11.4 Å². The third-order valence-electron chi connectivity index (χ3n) is 6.90. The standard InChI is InChI=1S/C32H30N2O10/c1-2-3-4-17-42-30(37)22-5-11-25(12-6-22)33-19-24(18-29(33)36)31(38)43-20-28(35)21-9-15-27(16-10-21)44-32(39)23-7-13-26(14-8-23)34(40)41/h5-16,24H,2-4,17-20H2,1H3/t24-/m1/s1. The van der Waals surface area contributed by atoms with Crippen LogP contribution in [0.5, 0.6) is 5.75 Å². The summed E-state index contributed by atoms with van der Waals surface area (Å²) in [7, 11) is 0. The molecule has 44 heavy (non-hydrogen) atoms. The first-order valence-corrected chi connectivity index (χ1v) is 14.0. The van der Waals surface area contributed by atoms with Crippen molar-refractivity contribution in [1.29, 1.82) is 0 Å². The highest BCUT2D eigenvalue weighted by Gasteiger charge is 2.36. The Hall–Kier alpha value is -5.39. The molecule has 0 bridgehead atoms. The molecular formula is C32H30N2O10. The number of non-ortho nitro benzene ring substituents is 1. The number of nitrogens with zero attached hydrogens (tertiary/aromatic N) is 2. The average Bonchev–Trinajstić information content (AvgIpc) is 3.43. The van der Waals surface area contributed by atoms with E-state index in [2.05, 4.69) is 6.92 Å². The van der Waals surface area contributed by atoms with Crippen molar-refractivity contribution in [2.75, 3.05) is 24.7 Å². The number of nitro groups is 1. The van der Waals surface area contributed by atoms with Crippen molar-refractivity contribution in [2.24, 2.45) is 5.92 Å². The minimum absolute atomic E-state index is 0.0709. The molecule has 0 aromatic heterocycles. The van der Waals surface area contributed by atoms with E-state index in [4.69, 9.17) is 14.2 Å². The minimum Gasteiger partial charge on any atom is -0.462 e. The Morgan fingerprint density at radius 2 is 1.45 bits per heavy atom. The fourth-order valence-electron chi connectivity index (χ4n) is 4.42. The maximum absolute atomic E-state index is 12.7. The molecule has 1 amide bonds. The molecule has 12 nitrogen and oxygen atoms in total. The SMILES string of the molecule is CCCCCOC(=O)c1ccc(N2C[C@H](C(=O)OCC(=O)c3ccc(OC(=O)c4ccc([N+](=O)[O-])cc4)cc3)CC2=O)cc1. The number of ether oxygens (including phenoxy) is 3. The quantitative estimate of drug-likeness (QED) is 0.0655. The van der Waals surface area contributed by atoms with Crippen molar-refractivity contribution >= 4 is 41.0 Å². The Labute approximate surface area is 252 Å². The summed E-state index contributed by atoms with van der Waals surface area (Å²) in [6.07, 6.45) is 2.71. The fourth-order valence-corrected chi connectivity index (χ4v) is 4.42. The van der Waals surface area contributed by atoms with E-state index in [-0.39, 0.29) is 41.4 Å². The fraction of sp³-hybridized carbons (Fsp3) is 0.281. The minimum atomic E-state index is -0.764. The summed E-state index contributed by atoms with van der Waals surface area (Å²) in [6.45, 7) is 1.93. The van der Waals surface area contributed by atoms with Crippen LogP contribution in [0.15, 0.2) is 72.8 Å². The molecule has 3 aromatic carbocycles. The summed E-state index contributed by atoms with van der Waals surface area (Å²) in [5.74, 6) is -3.26. The van der Waals surface area contributed by atoms with Crippen LogP contribution in [0.2, 0.25) is 0 Å². The van der Waals surface area contributed by atoms with Crippen LogP contribution in [-0.4, -0.2) is 54.3 Å². The van der Waals surface area contributed by atoms with Crippen LogP contribution in [-0.2, 0) is 19.1 Å². The summed E-state index contributed by atoms with van der Waals surface area (Å²) < 4.78 is 15.7. The van der Waals surface area contributed by atoms with E-state index < -0.39 is 41.1 Å². The van der Waals surface area contributed by atoms with Crippen LogP contribution in [0, 0.1) is 16.0 Å². The van der Waals surface area contributed by atoms with Gasteiger partial charge in [0.25, 0.3) is 5.69 Å². The van der Waals surface area contributed by atoms with Crippen molar-refractivity contribution in [2.45, 2.75) is 32.6 Å². The molecule has 4 rings (SSSR count). The van der Waals surface area contributed by atoms with Gasteiger partial charge < -0.3 is 19.1 Å². The van der Waals surface area contributed by atoms with Crippen LogP contribution >= 0.6 is 0 Å². The predicted molar refractivity (Wildman–Crippen MR) is 156 cm³/mol. The van der Waals surface area contributed by atoms with E-state index >= 15 is 0 Å². The van der Waals surface area contributed by atoms with E-state index in [0.29, 0.717) is 17.9 Å². The van der Waals surface area contributed by atoms with E-state index in [9.17, 15) is 34.1 Å². The van der Waals surface area contributed by atoms with Crippen LogP contribution in [0.3, 0.4) is 0 Å². The van der Waals surface area contributed by atoms with Crippen LogP contribution in [0.25, 0.3) is 0 Å². The number of esters is 3. The molecule has 0 unspecified atom stereocenters. The Kier molecular flexibility index (Phi) is 10.5. The van der Waals surface area contributed by atoms with Crippen molar-refractivity contribution < 1.29 is 43.1 Å². The van der Waals surface area contributed by atoms with E-state index in [1.165, 1.54) is 53.4 Å². The number of hydrogen-bond acceptors (Lipinski definition) is 10. The smallest absolute Gasteiger partial charge is 0.343 e. The lowest BCUT2D eigenvalue weighted by Crippen LogP contribution is -2.27. The number of rotatable bonds is 13. The van der Waals surface area contributed by atoms with E-state index in [1.807, 2.05) is 0 Å². The second-order valence-corrected chi connectivity index (χ2v) is 10.0. The van der Waals surface area contributed by atoms with Crippen molar-refractivity contribution in [1.82, 2.24) is 0 Å². The number of unbranched alkanes of at least 4 members (excludes halogenated alkanes) is 2. The first-order chi connectivity index (χ1) is 21.2. The summed E-state index contributed by atoms with van der Waals surface area (Å²) in [5.41, 5.74) is 1.05.